The molecule has 1 aromatic heterocycles. The Morgan fingerprint density at radius 3 is 3.12 bits per heavy atom. The lowest BCUT2D eigenvalue weighted by Crippen LogP contribution is -1.81. The van der Waals surface area contributed by atoms with E-state index in [1.807, 2.05) is 12.1 Å². The Morgan fingerprint density at radius 1 is 1.41 bits per heavy atom. The van der Waals surface area contributed by atoms with Gasteiger partial charge in [-0.3, -0.25) is 0 Å². The molecule has 0 saturated carbocycles. The summed E-state index contributed by atoms with van der Waals surface area (Å²) in [5, 5.41) is 10.3. The second-order valence-electron chi connectivity index (χ2n) is 3.88. The van der Waals surface area contributed by atoms with Crippen LogP contribution in [-0.4, -0.2) is 20.8 Å². The van der Waals surface area contributed by atoms with Crippen LogP contribution in [0.1, 0.15) is 19.3 Å². The topological polar surface area (TPSA) is 48.9 Å². The van der Waals surface area contributed by atoms with E-state index in [-0.39, 0.29) is 5.75 Å². The summed E-state index contributed by atoms with van der Waals surface area (Å²) >= 11 is 1.72. The molecule has 0 radical (unpaired) electrons. The maximum absolute atomic E-state index is 9.35. The normalized spacial score (nSPS) is 10.8. The predicted molar refractivity (Wildman–Crippen MR) is 72.5 cm³/mol. The lowest BCUT2D eigenvalue weighted by molar-refractivity contribution is 0.476. The molecule has 1 heterocycles. The molecule has 2 N–H and O–H groups in total. The Kier molecular flexibility index (Phi) is 4.09. The molecule has 17 heavy (non-hydrogen) atoms. The molecular formula is C13H16N2OS. The van der Waals surface area contributed by atoms with Gasteiger partial charge in [0.1, 0.15) is 5.75 Å². The second kappa shape index (κ2) is 5.77. The highest BCUT2D eigenvalue weighted by Crippen LogP contribution is 2.23. The summed E-state index contributed by atoms with van der Waals surface area (Å²) in [6, 6.07) is 5.18. The molecule has 0 spiro atoms. The molecule has 0 aliphatic rings. The third-order valence-corrected chi connectivity index (χ3v) is 3.44. The maximum Gasteiger partial charge on any atom is 0.166 e. The first-order chi connectivity index (χ1) is 8.29. The molecule has 0 bridgehead atoms. The molecule has 4 heteroatoms. The highest BCUT2D eigenvalue weighted by Gasteiger charge is 2.03. The van der Waals surface area contributed by atoms with Crippen LogP contribution in [0.4, 0.5) is 0 Å². The van der Waals surface area contributed by atoms with Crippen LogP contribution in [0.25, 0.3) is 11.0 Å². The average Bonchev–Trinajstić information content (AvgIpc) is 2.70. The summed E-state index contributed by atoms with van der Waals surface area (Å²) < 4.78 is 0. The fourth-order valence-electron chi connectivity index (χ4n) is 1.60. The number of rotatable bonds is 6. The van der Waals surface area contributed by atoms with Crippen LogP contribution in [0.15, 0.2) is 36.0 Å². The van der Waals surface area contributed by atoms with Gasteiger partial charge >= 0.3 is 0 Å². The van der Waals surface area contributed by atoms with Crippen molar-refractivity contribution >= 4 is 22.8 Å². The quantitative estimate of drug-likeness (QED) is 0.465. The van der Waals surface area contributed by atoms with E-state index >= 15 is 0 Å². The molecule has 0 atom stereocenters. The molecule has 0 fully saturated rings. The summed E-state index contributed by atoms with van der Waals surface area (Å²) in [6.07, 6.45) is 5.37. The molecule has 0 saturated heterocycles. The SMILES string of the molecule is C=CCCCCSc1nc2ccc(O)cc2[nH]1. The standard InChI is InChI=1S/C13H16N2OS/c1-2-3-4-5-8-17-13-14-11-7-6-10(16)9-12(11)15-13/h2,6-7,9,16H,1,3-5,8H2,(H,14,15). The lowest BCUT2D eigenvalue weighted by atomic mass is 10.2. The number of unbranched alkanes of at least 4 members (excludes halogenated alkanes) is 2. The van der Waals surface area contributed by atoms with E-state index in [4.69, 9.17) is 0 Å². The lowest BCUT2D eigenvalue weighted by Gasteiger charge is -1.96. The third kappa shape index (κ3) is 3.27. The van der Waals surface area contributed by atoms with Gasteiger partial charge in [-0.25, -0.2) is 4.98 Å². The number of hydrogen-bond donors (Lipinski definition) is 2. The number of H-pyrrole nitrogens is 1. The zero-order valence-electron chi connectivity index (χ0n) is 9.65. The monoisotopic (exact) mass is 248 g/mol. The number of aromatic hydroxyl groups is 1. The van der Waals surface area contributed by atoms with Gasteiger partial charge < -0.3 is 10.1 Å². The number of allylic oxidation sites excluding steroid dienone is 1. The first-order valence-corrected chi connectivity index (χ1v) is 6.70. The molecule has 1 aromatic carbocycles. The molecule has 0 amide bonds. The summed E-state index contributed by atoms with van der Waals surface area (Å²) in [5.74, 6) is 1.32. The number of nitrogens with one attached hydrogen (secondary N) is 1. The Labute approximate surface area is 105 Å². The van der Waals surface area contributed by atoms with E-state index in [1.54, 1.807) is 23.9 Å². The second-order valence-corrected chi connectivity index (χ2v) is 4.96. The Morgan fingerprint density at radius 2 is 2.29 bits per heavy atom. The van der Waals surface area contributed by atoms with E-state index in [0.717, 1.165) is 28.4 Å². The van der Waals surface area contributed by atoms with E-state index in [2.05, 4.69) is 16.5 Å². The van der Waals surface area contributed by atoms with Crippen molar-refractivity contribution in [2.24, 2.45) is 0 Å². The van der Waals surface area contributed by atoms with Crippen LogP contribution < -0.4 is 0 Å². The number of benzene rings is 1. The van der Waals surface area contributed by atoms with Crippen LogP contribution in [0, 0.1) is 0 Å². The number of phenolic OH excluding ortho intramolecular Hbond substituents is 1. The van der Waals surface area contributed by atoms with E-state index < -0.39 is 0 Å². The van der Waals surface area contributed by atoms with Crippen molar-refractivity contribution in [1.82, 2.24) is 9.97 Å². The van der Waals surface area contributed by atoms with Crippen molar-refractivity contribution in [3.8, 4) is 5.75 Å². The first-order valence-electron chi connectivity index (χ1n) is 5.72. The van der Waals surface area contributed by atoms with Gasteiger partial charge in [0.25, 0.3) is 0 Å². The minimum atomic E-state index is 0.267. The van der Waals surface area contributed by atoms with Crippen molar-refractivity contribution in [1.29, 1.82) is 0 Å². The number of phenols is 1. The smallest absolute Gasteiger partial charge is 0.166 e. The molecular weight excluding hydrogens is 232 g/mol. The summed E-state index contributed by atoms with van der Waals surface area (Å²) in [6.45, 7) is 3.70. The van der Waals surface area contributed by atoms with Crippen molar-refractivity contribution in [3.63, 3.8) is 0 Å². The molecule has 0 unspecified atom stereocenters. The minimum Gasteiger partial charge on any atom is -0.508 e. The number of imidazole rings is 1. The zero-order valence-corrected chi connectivity index (χ0v) is 10.5. The molecule has 2 rings (SSSR count). The van der Waals surface area contributed by atoms with Crippen LogP contribution in [0.2, 0.25) is 0 Å². The number of aromatic amines is 1. The van der Waals surface area contributed by atoms with Crippen molar-refractivity contribution in [3.05, 3.63) is 30.9 Å². The molecule has 0 aliphatic carbocycles. The van der Waals surface area contributed by atoms with Gasteiger partial charge in [-0.15, -0.1) is 6.58 Å². The zero-order chi connectivity index (χ0) is 12.1. The molecule has 3 nitrogen and oxygen atoms in total. The maximum atomic E-state index is 9.35. The minimum absolute atomic E-state index is 0.267. The highest BCUT2D eigenvalue weighted by molar-refractivity contribution is 7.99. The first kappa shape index (κ1) is 12.0. The van der Waals surface area contributed by atoms with Gasteiger partial charge in [-0.2, -0.15) is 0 Å². The fourth-order valence-corrected chi connectivity index (χ4v) is 2.49. The van der Waals surface area contributed by atoms with Crippen LogP contribution in [0.5, 0.6) is 5.75 Å². The number of nitrogens with zero attached hydrogens (tertiary/aromatic N) is 1. The van der Waals surface area contributed by atoms with Gasteiger partial charge in [-0.05, 0) is 31.4 Å². The van der Waals surface area contributed by atoms with E-state index in [0.29, 0.717) is 0 Å². The van der Waals surface area contributed by atoms with Crippen LogP contribution in [-0.2, 0) is 0 Å². The Balaban J connectivity index is 1.93. The Hall–Kier alpha value is -1.42. The third-order valence-electron chi connectivity index (χ3n) is 2.49. The molecule has 0 aliphatic heterocycles. The van der Waals surface area contributed by atoms with Gasteiger partial charge in [0.05, 0.1) is 11.0 Å². The number of hydrogen-bond acceptors (Lipinski definition) is 3. The summed E-state index contributed by atoms with van der Waals surface area (Å²) in [4.78, 5) is 7.65. The van der Waals surface area contributed by atoms with Crippen LogP contribution >= 0.6 is 11.8 Å². The highest BCUT2D eigenvalue weighted by atomic mass is 32.2. The molecule has 2 aromatic rings. The van der Waals surface area contributed by atoms with E-state index in [9.17, 15) is 5.11 Å². The number of aromatic nitrogens is 2. The Bertz CT molecular complexity index is 507. The van der Waals surface area contributed by atoms with Crippen molar-refractivity contribution in [2.45, 2.75) is 24.4 Å². The number of thioether (sulfide) groups is 1. The summed E-state index contributed by atoms with van der Waals surface area (Å²) in [5.41, 5.74) is 1.79. The van der Waals surface area contributed by atoms with Crippen molar-refractivity contribution < 1.29 is 5.11 Å². The number of fused-ring (bicyclic) bond motifs is 1. The predicted octanol–water partition coefficient (Wildman–Crippen LogP) is 3.72. The van der Waals surface area contributed by atoms with Gasteiger partial charge in [-0.1, -0.05) is 17.8 Å². The molecule has 90 valence electrons. The van der Waals surface area contributed by atoms with Gasteiger partial charge in [0.15, 0.2) is 5.16 Å². The van der Waals surface area contributed by atoms with Gasteiger partial charge in [0.2, 0.25) is 0 Å². The van der Waals surface area contributed by atoms with Crippen LogP contribution in [0.3, 0.4) is 0 Å². The summed E-state index contributed by atoms with van der Waals surface area (Å²) in [7, 11) is 0. The average molecular weight is 248 g/mol. The fraction of sp³-hybridized carbons (Fsp3) is 0.308. The van der Waals surface area contributed by atoms with Crippen molar-refractivity contribution in [2.75, 3.05) is 5.75 Å². The van der Waals surface area contributed by atoms with E-state index in [1.165, 1.54) is 12.8 Å². The van der Waals surface area contributed by atoms with Gasteiger partial charge in [0, 0.05) is 11.8 Å². The largest absolute Gasteiger partial charge is 0.508 e.